The van der Waals surface area contributed by atoms with E-state index in [-0.39, 0.29) is 6.04 Å². The number of benzene rings is 2. The maximum absolute atomic E-state index is 5.60. The van der Waals surface area contributed by atoms with Crippen molar-refractivity contribution < 1.29 is 8.83 Å². The lowest BCUT2D eigenvalue weighted by Crippen LogP contribution is -2.09. The fraction of sp³-hybridized carbons (Fsp3) is 0.161. The standard InChI is InChI=1S/C31H28N6O2/c1-19-18-39-29-10-9-24(13-27(19)29)28-14-30(37-21(3)36-28)35-20(2)22-6-4-7-23(12-22)25-15-32-31(33-16-25)34-17-26-8-5-11-38-26/h4-16,18,20H,17H2,1-3H3,(H,32,33,34)(H,35,36,37)/t20-/m0/s1. The van der Waals surface area contributed by atoms with Gasteiger partial charge in [-0.05, 0) is 73.9 Å². The molecule has 0 aliphatic rings. The quantitative estimate of drug-likeness (QED) is 0.217. The molecular weight excluding hydrogens is 488 g/mol. The molecule has 194 valence electrons. The summed E-state index contributed by atoms with van der Waals surface area (Å²) in [7, 11) is 0. The van der Waals surface area contributed by atoms with Gasteiger partial charge in [-0.25, -0.2) is 19.9 Å². The van der Waals surface area contributed by atoms with Crippen LogP contribution in [0, 0.1) is 13.8 Å². The van der Waals surface area contributed by atoms with E-state index in [0.29, 0.717) is 18.3 Å². The molecule has 0 radical (unpaired) electrons. The first-order chi connectivity index (χ1) is 19.0. The van der Waals surface area contributed by atoms with Gasteiger partial charge >= 0.3 is 0 Å². The first kappa shape index (κ1) is 24.4. The van der Waals surface area contributed by atoms with Gasteiger partial charge in [-0.1, -0.05) is 18.2 Å². The van der Waals surface area contributed by atoms with Crippen LogP contribution in [0.1, 0.15) is 35.7 Å². The molecule has 0 bridgehead atoms. The van der Waals surface area contributed by atoms with Gasteiger partial charge in [-0.15, -0.1) is 0 Å². The molecule has 39 heavy (non-hydrogen) atoms. The molecule has 4 heterocycles. The number of rotatable bonds is 8. The number of aromatic nitrogens is 4. The Morgan fingerprint density at radius 3 is 2.54 bits per heavy atom. The highest BCUT2D eigenvalue weighted by Crippen LogP contribution is 2.29. The van der Waals surface area contributed by atoms with Crippen LogP contribution in [0.15, 0.2) is 94.4 Å². The second-order valence-corrected chi connectivity index (χ2v) is 9.54. The van der Waals surface area contributed by atoms with Gasteiger partial charge in [0.2, 0.25) is 5.95 Å². The SMILES string of the molecule is Cc1nc(N[C@@H](C)c2cccc(-c3cnc(NCc4ccco4)nc3)c2)cc(-c2ccc3occ(C)c3c2)n1. The average molecular weight is 517 g/mol. The highest BCUT2D eigenvalue weighted by Gasteiger charge is 2.12. The molecule has 2 N–H and O–H groups in total. The lowest BCUT2D eigenvalue weighted by Gasteiger charge is -2.17. The summed E-state index contributed by atoms with van der Waals surface area (Å²) in [6.45, 7) is 6.61. The van der Waals surface area contributed by atoms with Gasteiger partial charge in [-0.3, -0.25) is 0 Å². The maximum Gasteiger partial charge on any atom is 0.222 e. The van der Waals surface area contributed by atoms with Crippen molar-refractivity contribution in [3.8, 4) is 22.4 Å². The molecule has 6 aromatic rings. The van der Waals surface area contributed by atoms with Crippen LogP contribution >= 0.6 is 0 Å². The zero-order valence-corrected chi connectivity index (χ0v) is 22.0. The fourth-order valence-corrected chi connectivity index (χ4v) is 4.55. The molecule has 0 amide bonds. The summed E-state index contributed by atoms with van der Waals surface area (Å²) in [4.78, 5) is 18.3. The summed E-state index contributed by atoms with van der Waals surface area (Å²) in [5.41, 5.74) is 6.98. The average Bonchev–Trinajstić information content (AvgIpc) is 3.61. The summed E-state index contributed by atoms with van der Waals surface area (Å²) in [5, 5.41) is 7.81. The first-order valence-corrected chi connectivity index (χ1v) is 12.8. The van der Waals surface area contributed by atoms with Crippen molar-refractivity contribution in [2.45, 2.75) is 33.4 Å². The van der Waals surface area contributed by atoms with E-state index in [2.05, 4.69) is 61.8 Å². The molecule has 0 fully saturated rings. The molecule has 2 aromatic carbocycles. The third-order valence-corrected chi connectivity index (χ3v) is 6.64. The normalized spacial score (nSPS) is 12.0. The van der Waals surface area contributed by atoms with E-state index in [9.17, 15) is 0 Å². The number of anilines is 2. The predicted molar refractivity (Wildman–Crippen MR) is 152 cm³/mol. The number of hydrogen-bond donors (Lipinski definition) is 2. The van der Waals surface area contributed by atoms with Crippen molar-refractivity contribution in [2.75, 3.05) is 10.6 Å². The van der Waals surface area contributed by atoms with Crippen LogP contribution in [0.25, 0.3) is 33.4 Å². The van der Waals surface area contributed by atoms with Gasteiger partial charge in [0.1, 0.15) is 23.0 Å². The Morgan fingerprint density at radius 1 is 0.846 bits per heavy atom. The van der Waals surface area contributed by atoms with E-state index >= 15 is 0 Å². The molecule has 8 heteroatoms. The van der Waals surface area contributed by atoms with E-state index in [1.807, 2.05) is 62.6 Å². The van der Waals surface area contributed by atoms with E-state index in [1.165, 1.54) is 0 Å². The van der Waals surface area contributed by atoms with Gasteiger partial charge in [0.25, 0.3) is 0 Å². The number of hydrogen-bond acceptors (Lipinski definition) is 8. The lowest BCUT2D eigenvalue weighted by molar-refractivity contribution is 0.517. The third kappa shape index (κ3) is 5.36. The molecule has 0 aliphatic carbocycles. The maximum atomic E-state index is 5.60. The topological polar surface area (TPSA) is 102 Å². The van der Waals surface area contributed by atoms with Crippen molar-refractivity contribution in [3.05, 3.63) is 108 Å². The minimum atomic E-state index is 0.0147. The van der Waals surface area contributed by atoms with Crippen molar-refractivity contribution >= 4 is 22.7 Å². The van der Waals surface area contributed by atoms with Gasteiger partial charge in [-0.2, -0.15) is 0 Å². The summed E-state index contributed by atoms with van der Waals surface area (Å²) < 4.78 is 10.9. The molecule has 6 rings (SSSR count). The zero-order chi connectivity index (χ0) is 26.8. The molecule has 4 aromatic heterocycles. The van der Waals surface area contributed by atoms with Crippen molar-refractivity contribution in [3.63, 3.8) is 0 Å². The van der Waals surface area contributed by atoms with Crippen molar-refractivity contribution in [2.24, 2.45) is 0 Å². The summed E-state index contributed by atoms with van der Waals surface area (Å²) in [6.07, 6.45) is 7.08. The Labute approximate surface area is 226 Å². The van der Waals surface area contributed by atoms with E-state index in [0.717, 1.165) is 56.1 Å². The van der Waals surface area contributed by atoms with Crippen LogP contribution in [-0.4, -0.2) is 19.9 Å². The third-order valence-electron chi connectivity index (χ3n) is 6.64. The molecule has 0 unspecified atom stereocenters. The number of fused-ring (bicyclic) bond motifs is 1. The minimum Gasteiger partial charge on any atom is -0.467 e. The number of furan rings is 2. The first-order valence-electron chi connectivity index (χ1n) is 12.8. The van der Waals surface area contributed by atoms with Crippen molar-refractivity contribution in [1.29, 1.82) is 0 Å². The molecule has 8 nitrogen and oxygen atoms in total. The lowest BCUT2D eigenvalue weighted by atomic mass is 10.0. The molecular formula is C31H28N6O2. The fourth-order valence-electron chi connectivity index (χ4n) is 4.55. The predicted octanol–water partition coefficient (Wildman–Crippen LogP) is 7.34. The van der Waals surface area contributed by atoms with E-state index < -0.39 is 0 Å². The molecule has 0 saturated heterocycles. The van der Waals surface area contributed by atoms with Gasteiger partial charge in [0.05, 0.1) is 24.8 Å². The Hall–Kier alpha value is -4.98. The van der Waals surface area contributed by atoms with E-state index in [4.69, 9.17) is 8.83 Å². The van der Waals surface area contributed by atoms with Crippen molar-refractivity contribution in [1.82, 2.24) is 19.9 Å². The smallest absolute Gasteiger partial charge is 0.222 e. The van der Waals surface area contributed by atoms with E-state index in [1.54, 1.807) is 12.5 Å². The molecule has 0 spiro atoms. The number of nitrogens with one attached hydrogen (secondary N) is 2. The second-order valence-electron chi connectivity index (χ2n) is 9.54. The summed E-state index contributed by atoms with van der Waals surface area (Å²) in [6, 6.07) is 20.3. The highest BCUT2D eigenvalue weighted by atomic mass is 16.3. The number of nitrogens with zero attached hydrogens (tertiary/aromatic N) is 4. The van der Waals surface area contributed by atoms with Crippen LogP contribution in [0.2, 0.25) is 0 Å². The Morgan fingerprint density at radius 2 is 1.72 bits per heavy atom. The molecule has 0 aliphatic heterocycles. The monoisotopic (exact) mass is 516 g/mol. The zero-order valence-electron chi connectivity index (χ0n) is 22.0. The van der Waals surface area contributed by atoms with Crippen LogP contribution < -0.4 is 10.6 Å². The Kier molecular flexibility index (Phi) is 6.50. The molecule has 1 atom stereocenters. The Bertz CT molecular complexity index is 1720. The highest BCUT2D eigenvalue weighted by molar-refractivity contribution is 5.85. The van der Waals surface area contributed by atoms with Crippen LogP contribution in [0.3, 0.4) is 0 Å². The van der Waals surface area contributed by atoms with Gasteiger partial charge < -0.3 is 19.5 Å². The van der Waals surface area contributed by atoms with Crippen LogP contribution in [0.4, 0.5) is 11.8 Å². The summed E-state index contributed by atoms with van der Waals surface area (Å²) >= 11 is 0. The molecule has 0 saturated carbocycles. The summed E-state index contributed by atoms with van der Waals surface area (Å²) in [5.74, 6) is 2.86. The number of aryl methyl sites for hydroxylation is 2. The van der Waals surface area contributed by atoms with Crippen LogP contribution in [0.5, 0.6) is 0 Å². The second kappa shape index (κ2) is 10.4. The largest absolute Gasteiger partial charge is 0.467 e. The minimum absolute atomic E-state index is 0.0147. The Balaban J connectivity index is 1.18. The van der Waals surface area contributed by atoms with Gasteiger partial charge in [0.15, 0.2) is 0 Å². The van der Waals surface area contributed by atoms with Crippen LogP contribution in [-0.2, 0) is 6.54 Å². The van der Waals surface area contributed by atoms with Gasteiger partial charge in [0, 0.05) is 41.0 Å².